The van der Waals surface area contributed by atoms with Crippen LogP contribution in [0.15, 0.2) is 97.1 Å². The Hall–Kier alpha value is -5.80. The third-order valence-corrected chi connectivity index (χ3v) is 12.8. The molecule has 62 heavy (non-hydrogen) atoms. The van der Waals surface area contributed by atoms with Crippen LogP contribution in [-0.4, -0.2) is 96.4 Å². The van der Waals surface area contributed by atoms with Crippen LogP contribution in [0, 0.1) is 11.6 Å². The molecule has 3 aliphatic heterocycles. The highest BCUT2D eigenvalue weighted by atomic mass is 19.1. The van der Waals surface area contributed by atoms with E-state index in [4.69, 9.17) is 14.2 Å². The summed E-state index contributed by atoms with van der Waals surface area (Å²) in [7, 11) is 0. The van der Waals surface area contributed by atoms with Crippen molar-refractivity contribution < 1.29 is 47.9 Å². The Bertz CT molecular complexity index is 2570. The number of carbonyl (C=O) groups excluding carboxylic acids is 2. The largest absolute Gasteiger partial charge is 0.445 e. The van der Waals surface area contributed by atoms with E-state index < -0.39 is 54.5 Å². The molecular formula is C48H50F2N4O8. The van der Waals surface area contributed by atoms with Crippen LogP contribution in [0.25, 0.3) is 33.2 Å². The highest BCUT2D eigenvalue weighted by Gasteiger charge is 2.45. The van der Waals surface area contributed by atoms with Gasteiger partial charge in [-0.15, -0.1) is 0 Å². The number of nitrogens with one attached hydrogen (secondary N) is 1. The van der Waals surface area contributed by atoms with E-state index in [1.165, 1.54) is 24.3 Å². The second-order valence-electron chi connectivity index (χ2n) is 16.7. The van der Waals surface area contributed by atoms with E-state index in [-0.39, 0.29) is 31.7 Å². The first-order valence-electron chi connectivity index (χ1n) is 21.3. The maximum atomic E-state index is 15.5. The zero-order valence-electron chi connectivity index (χ0n) is 34.3. The minimum atomic E-state index is -1.66. The summed E-state index contributed by atoms with van der Waals surface area (Å²) in [6.07, 6.45) is -4.47. The first-order chi connectivity index (χ1) is 30.0. The Balaban J connectivity index is 1.17. The molecule has 324 valence electrons. The molecule has 4 N–H and O–H groups in total. The Labute approximate surface area is 357 Å². The van der Waals surface area contributed by atoms with Crippen LogP contribution in [0.1, 0.15) is 61.1 Å². The molecule has 12 nitrogen and oxygen atoms in total. The van der Waals surface area contributed by atoms with E-state index in [1.807, 2.05) is 60.7 Å². The number of halogens is 2. The third kappa shape index (κ3) is 8.03. The first-order valence-corrected chi connectivity index (χ1v) is 21.3. The Morgan fingerprint density at radius 3 is 1.85 bits per heavy atom. The number of hydrogen-bond acceptors (Lipinski definition) is 8. The fraction of sp³-hybridized carbons (Fsp3) is 0.375. The number of amides is 2. The maximum Gasteiger partial charge on any atom is 0.410 e. The smallest absolute Gasteiger partial charge is 0.410 e. The van der Waals surface area contributed by atoms with Crippen LogP contribution in [-0.2, 0) is 40.3 Å². The fourth-order valence-electron chi connectivity index (χ4n) is 9.63. The number of likely N-dealkylation sites (tertiary alicyclic amines) is 2. The van der Waals surface area contributed by atoms with Gasteiger partial charge in [0.1, 0.15) is 43.2 Å². The molecule has 2 amide bonds. The van der Waals surface area contributed by atoms with Crippen molar-refractivity contribution in [3.05, 3.63) is 131 Å². The average molecular weight is 849 g/mol. The molecule has 6 aromatic rings. The van der Waals surface area contributed by atoms with E-state index in [1.54, 1.807) is 33.4 Å². The lowest BCUT2D eigenvalue weighted by Gasteiger charge is -2.40. The fourth-order valence-corrected chi connectivity index (χ4v) is 9.63. The van der Waals surface area contributed by atoms with Crippen LogP contribution in [0.3, 0.4) is 0 Å². The number of aliphatic hydroxyl groups is 3. The van der Waals surface area contributed by atoms with Gasteiger partial charge in [0.15, 0.2) is 6.23 Å². The maximum absolute atomic E-state index is 15.5. The molecule has 3 saturated heterocycles. The normalized spacial score (nSPS) is 24.0. The highest BCUT2D eigenvalue weighted by Crippen LogP contribution is 2.45. The Morgan fingerprint density at radius 2 is 1.26 bits per heavy atom. The lowest BCUT2D eigenvalue weighted by atomic mass is 9.94. The van der Waals surface area contributed by atoms with Gasteiger partial charge in [-0.2, -0.15) is 0 Å². The van der Waals surface area contributed by atoms with Gasteiger partial charge in [0.2, 0.25) is 0 Å². The SMILES string of the molecule is C[C@@H]1O[C@H](n2c(-c3[nH]c4cc(F)ccc4c3CC3CCCN3C(=O)OCc3ccccc3)c(C[C@@H]3CCCN3C(=O)OCc3ccccc3)c3ccc(F)cc32)[C@@H](O)[C@H](O)[C@@H]1O. The minimum absolute atomic E-state index is 0.100. The lowest BCUT2D eigenvalue weighted by molar-refractivity contribution is -0.238. The zero-order valence-corrected chi connectivity index (χ0v) is 34.3. The number of aromatic amines is 1. The van der Waals surface area contributed by atoms with Crippen molar-refractivity contribution in [2.75, 3.05) is 13.1 Å². The van der Waals surface area contributed by atoms with Crippen molar-refractivity contribution >= 4 is 34.0 Å². The second kappa shape index (κ2) is 17.5. The summed E-state index contributed by atoms with van der Waals surface area (Å²) in [5.41, 5.74) is 4.94. The monoisotopic (exact) mass is 848 g/mol. The molecule has 9 rings (SSSR count). The molecule has 7 atom stereocenters. The number of aliphatic hydroxyl groups excluding tert-OH is 3. The van der Waals surface area contributed by atoms with E-state index in [2.05, 4.69) is 4.98 Å². The van der Waals surface area contributed by atoms with Crippen LogP contribution in [0.4, 0.5) is 18.4 Å². The van der Waals surface area contributed by atoms with E-state index in [0.29, 0.717) is 77.5 Å². The minimum Gasteiger partial charge on any atom is -0.445 e. The van der Waals surface area contributed by atoms with Crippen LogP contribution >= 0.6 is 0 Å². The predicted octanol–water partition coefficient (Wildman–Crippen LogP) is 7.76. The van der Waals surface area contributed by atoms with Gasteiger partial charge >= 0.3 is 12.2 Å². The quantitative estimate of drug-likeness (QED) is 0.109. The molecule has 0 aliphatic carbocycles. The number of rotatable bonds is 10. The van der Waals surface area contributed by atoms with Gasteiger partial charge < -0.3 is 48.9 Å². The molecule has 3 fully saturated rings. The number of benzene rings is 4. The van der Waals surface area contributed by atoms with Gasteiger partial charge in [-0.05, 0) is 104 Å². The van der Waals surface area contributed by atoms with Crippen molar-refractivity contribution in [3.63, 3.8) is 0 Å². The molecule has 3 aliphatic rings. The van der Waals surface area contributed by atoms with Gasteiger partial charge in [-0.1, -0.05) is 60.7 Å². The molecule has 5 heterocycles. The summed E-state index contributed by atoms with van der Waals surface area (Å²) >= 11 is 0. The van der Waals surface area contributed by atoms with Gasteiger partial charge in [0.25, 0.3) is 0 Å². The first kappa shape index (κ1) is 41.5. The number of H-pyrrole nitrogens is 1. The van der Waals surface area contributed by atoms with Gasteiger partial charge in [-0.3, -0.25) is 0 Å². The van der Waals surface area contributed by atoms with Gasteiger partial charge in [-0.25, -0.2) is 18.4 Å². The third-order valence-electron chi connectivity index (χ3n) is 12.8. The highest BCUT2D eigenvalue weighted by molar-refractivity contribution is 5.97. The second-order valence-corrected chi connectivity index (χ2v) is 16.7. The van der Waals surface area contributed by atoms with Gasteiger partial charge in [0.05, 0.1) is 23.0 Å². The average Bonchev–Trinajstić information content (AvgIpc) is 4.08. The summed E-state index contributed by atoms with van der Waals surface area (Å²) in [6, 6.07) is 27.0. The molecule has 0 bridgehead atoms. The number of fused-ring (bicyclic) bond motifs is 2. The molecule has 0 radical (unpaired) electrons. The molecule has 2 aromatic heterocycles. The topological polar surface area (TPSA) is 150 Å². The summed E-state index contributed by atoms with van der Waals surface area (Å²) in [4.78, 5) is 34.4. The van der Waals surface area contributed by atoms with Crippen molar-refractivity contribution in [1.29, 1.82) is 0 Å². The number of aromatic nitrogens is 2. The number of nitrogens with zero attached hydrogens (tertiary/aromatic N) is 3. The standard InChI is InChI=1S/C48H50F2N4O8/c1-28-43(55)44(56)45(57)46(62-28)54-40-23-32(50)17-19-36(40)38(25-34-15-9-21-53(34)48(59)61-27-30-12-6-3-7-13-30)42(54)41-37(35-18-16-31(49)22-39(35)51-41)24-33-14-8-20-52(33)47(58)60-26-29-10-4-2-5-11-29/h2-7,10-13,16-19,22-23,28,33-34,43-46,51,55-57H,8-9,14-15,20-21,24-27H2,1H3/t28-,33?,34-,43+,44+,45-,46-/m0/s1. The van der Waals surface area contributed by atoms with Gasteiger partial charge in [0, 0.05) is 41.5 Å². The van der Waals surface area contributed by atoms with Crippen molar-refractivity contribution in [2.24, 2.45) is 0 Å². The molecule has 14 heteroatoms. The van der Waals surface area contributed by atoms with Crippen molar-refractivity contribution in [1.82, 2.24) is 19.4 Å². The summed E-state index contributed by atoms with van der Waals surface area (Å²) in [6.45, 7) is 2.74. The Kier molecular flexibility index (Phi) is 11.7. The Morgan fingerprint density at radius 1 is 0.710 bits per heavy atom. The molecular weight excluding hydrogens is 799 g/mol. The predicted molar refractivity (Wildman–Crippen MR) is 227 cm³/mol. The number of hydrogen-bond donors (Lipinski definition) is 4. The van der Waals surface area contributed by atoms with E-state index in [9.17, 15) is 24.9 Å². The zero-order chi connectivity index (χ0) is 43.1. The van der Waals surface area contributed by atoms with Crippen LogP contribution in [0.5, 0.6) is 0 Å². The van der Waals surface area contributed by atoms with Crippen LogP contribution < -0.4 is 0 Å². The molecule has 4 aromatic carbocycles. The van der Waals surface area contributed by atoms with Crippen molar-refractivity contribution in [2.45, 2.75) is 101 Å². The van der Waals surface area contributed by atoms with Crippen molar-refractivity contribution in [3.8, 4) is 11.4 Å². The van der Waals surface area contributed by atoms with E-state index >= 15 is 8.78 Å². The van der Waals surface area contributed by atoms with E-state index in [0.717, 1.165) is 23.1 Å². The number of ether oxygens (including phenoxy) is 3. The number of carbonyl (C=O) groups is 2. The lowest BCUT2D eigenvalue weighted by Crippen LogP contribution is -2.54. The summed E-state index contributed by atoms with van der Waals surface area (Å²) in [5, 5.41) is 35.0. The van der Waals surface area contributed by atoms with Crippen LogP contribution in [0.2, 0.25) is 0 Å². The summed E-state index contributed by atoms with van der Waals surface area (Å²) in [5.74, 6) is -1.03. The molecule has 1 unspecified atom stereocenters. The molecule has 0 saturated carbocycles. The molecule has 0 spiro atoms. The summed E-state index contributed by atoms with van der Waals surface area (Å²) < 4.78 is 50.2.